The average Bonchev–Trinajstić information content (AvgIpc) is 4.01. The summed E-state index contributed by atoms with van der Waals surface area (Å²) in [6.07, 6.45) is 16.9. The van der Waals surface area contributed by atoms with Gasteiger partial charge in [0.25, 0.3) is 0 Å². The molecule has 2 aliphatic carbocycles. The van der Waals surface area contributed by atoms with Crippen LogP contribution < -0.4 is 9.80 Å². The maximum atomic E-state index is 2.55. The SMILES string of the molecule is C1=CCCC(N(c2ccc(-c3ccc(N(c4ccccc4)c4ccc(-n5c(-c6ccccc6)cc6ccccc65)cc4)cc3)cc2)C2C=CC(n3c(-c4ccccc4)cc4ccccc43)=CC2)=C1. The van der Waals surface area contributed by atoms with Gasteiger partial charge in [-0.1, -0.05) is 164 Å². The maximum Gasteiger partial charge on any atom is 0.0558 e. The third-order valence-corrected chi connectivity index (χ3v) is 13.5. The molecule has 0 bridgehead atoms. The van der Waals surface area contributed by atoms with Gasteiger partial charge < -0.3 is 18.9 Å². The fourth-order valence-corrected chi connectivity index (χ4v) is 10.2. The van der Waals surface area contributed by atoms with Crippen molar-refractivity contribution in [1.82, 2.24) is 9.13 Å². The molecule has 2 aliphatic rings. The number of rotatable bonds is 11. The smallest absolute Gasteiger partial charge is 0.0558 e. The van der Waals surface area contributed by atoms with Gasteiger partial charge in [0, 0.05) is 50.6 Å². The van der Waals surface area contributed by atoms with Gasteiger partial charge in [0.1, 0.15) is 0 Å². The van der Waals surface area contributed by atoms with Gasteiger partial charge in [-0.25, -0.2) is 0 Å². The molecule has 0 amide bonds. The van der Waals surface area contributed by atoms with Crippen LogP contribution in [-0.2, 0) is 0 Å². The first-order chi connectivity index (χ1) is 33.7. The van der Waals surface area contributed by atoms with E-state index >= 15 is 0 Å². The Hall–Kier alpha value is -8.60. The Kier molecular flexibility index (Phi) is 10.8. The molecule has 10 aromatic rings. The Balaban J connectivity index is 0.823. The number of para-hydroxylation sites is 3. The quantitative estimate of drug-likeness (QED) is 0.129. The number of hydrogen-bond donors (Lipinski definition) is 0. The Morgan fingerprint density at radius 1 is 0.441 bits per heavy atom. The largest absolute Gasteiger partial charge is 0.338 e. The molecule has 326 valence electrons. The van der Waals surface area contributed by atoms with Gasteiger partial charge in [-0.2, -0.15) is 0 Å². The van der Waals surface area contributed by atoms with E-state index in [4.69, 9.17) is 0 Å². The van der Waals surface area contributed by atoms with Crippen LogP contribution in [0.4, 0.5) is 22.7 Å². The molecule has 12 rings (SSSR count). The van der Waals surface area contributed by atoms with Gasteiger partial charge in [0.05, 0.1) is 28.5 Å². The molecule has 68 heavy (non-hydrogen) atoms. The van der Waals surface area contributed by atoms with Crippen LogP contribution in [0, 0.1) is 0 Å². The lowest BCUT2D eigenvalue weighted by atomic mass is 9.99. The lowest BCUT2D eigenvalue weighted by Gasteiger charge is -2.36. The van der Waals surface area contributed by atoms with Crippen LogP contribution in [0.1, 0.15) is 19.3 Å². The van der Waals surface area contributed by atoms with E-state index in [1.165, 1.54) is 72.5 Å². The van der Waals surface area contributed by atoms with Crippen molar-refractivity contribution in [1.29, 1.82) is 0 Å². The summed E-state index contributed by atoms with van der Waals surface area (Å²) >= 11 is 0. The first kappa shape index (κ1) is 40.9. The van der Waals surface area contributed by atoms with Crippen molar-refractivity contribution in [3.05, 3.63) is 267 Å². The highest BCUT2D eigenvalue weighted by atomic mass is 15.2. The zero-order chi connectivity index (χ0) is 45.2. The average molecular weight is 875 g/mol. The molecule has 0 aliphatic heterocycles. The summed E-state index contributed by atoms with van der Waals surface area (Å²) in [7, 11) is 0. The van der Waals surface area contributed by atoms with Gasteiger partial charge in [0.2, 0.25) is 0 Å². The molecule has 1 unspecified atom stereocenters. The predicted molar refractivity (Wildman–Crippen MR) is 287 cm³/mol. The number of hydrogen-bond acceptors (Lipinski definition) is 2. The molecule has 2 aromatic heterocycles. The van der Waals surface area contributed by atoms with Crippen molar-refractivity contribution in [3.63, 3.8) is 0 Å². The minimum absolute atomic E-state index is 0.190. The third kappa shape index (κ3) is 7.76. The lowest BCUT2D eigenvalue weighted by molar-refractivity contribution is 0.719. The monoisotopic (exact) mass is 874 g/mol. The van der Waals surface area contributed by atoms with Gasteiger partial charge in [0.15, 0.2) is 0 Å². The molecule has 0 fully saturated rings. The van der Waals surface area contributed by atoms with Gasteiger partial charge >= 0.3 is 0 Å². The van der Waals surface area contributed by atoms with Crippen LogP contribution >= 0.6 is 0 Å². The molecular weight excluding hydrogens is 825 g/mol. The first-order valence-corrected chi connectivity index (χ1v) is 23.8. The molecule has 0 saturated heterocycles. The Labute approximate surface area is 398 Å². The number of anilines is 4. The summed E-state index contributed by atoms with van der Waals surface area (Å²) in [4.78, 5) is 4.89. The van der Waals surface area contributed by atoms with Gasteiger partial charge in [-0.05, 0) is 139 Å². The summed E-state index contributed by atoms with van der Waals surface area (Å²) in [5.41, 5.74) is 17.8. The molecule has 8 aromatic carbocycles. The van der Waals surface area contributed by atoms with Gasteiger partial charge in [-0.3, -0.25) is 0 Å². The second-order valence-electron chi connectivity index (χ2n) is 17.6. The maximum absolute atomic E-state index is 2.55. The molecule has 0 N–H and O–H groups in total. The van der Waals surface area contributed by atoms with E-state index in [-0.39, 0.29) is 6.04 Å². The third-order valence-electron chi connectivity index (χ3n) is 13.5. The standard InChI is InChI=1S/C64H50N4/c1-5-17-49(18-6-1)63-45-51-21-13-15-27-61(51)67(63)59-41-37-57(38-42-59)65(53-23-9-3-10-24-53)55-33-29-47(30-34-55)48-31-35-56(36-32-48)66(54-25-11-4-12-26-54)58-39-43-60(44-40-58)68-62-28-16-14-22-52(62)46-64(68)50-19-7-2-8-20-50/h1-11,13-25,27-39,41-46,58H,12,26,40H2. The number of nitrogens with zero attached hydrogens (tertiary/aromatic N) is 4. The zero-order valence-corrected chi connectivity index (χ0v) is 37.8. The summed E-state index contributed by atoms with van der Waals surface area (Å²) < 4.78 is 4.80. The van der Waals surface area contributed by atoms with E-state index < -0.39 is 0 Å². The molecule has 4 nitrogen and oxygen atoms in total. The lowest BCUT2D eigenvalue weighted by Crippen LogP contribution is -2.34. The summed E-state index contributed by atoms with van der Waals surface area (Å²) in [6.45, 7) is 0. The molecular formula is C64H50N4. The van der Waals surface area contributed by atoms with Crippen LogP contribution in [0.3, 0.4) is 0 Å². The van der Waals surface area contributed by atoms with Crippen molar-refractivity contribution >= 4 is 50.3 Å². The highest BCUT2D eigenvalue weighted by Crippen LogP contribution is 2.40. The number of allylic oxidation sites excluding steroid dienone is 6. The van der Waals surface area contributed by atoms with Crippen molar-refractivity contribution < 1.29 is 0 Å². The van der Waals surface area contributed by atoms with E-state index in [1.807, 2.05) is 0 Å². The Bertz CT molecular complexity index is 3500. The predicted octanol–water partition coefficient (Wildman–Crippen LogP) is 17.0. The molecule has 0 radical (unpaired) electrons. The minimum Gasteiger partial charge on any atom is -0.338 e. The van der Waals surface area contributed by atoms with Crippen molar-refractivity contribution in [2.75, 3.05) is 9.80 Å². The van der Waals surface area contributed by atoms with Gasteiger partial charge in [-0.15, -0.1) is 0 Å². The molecule has 4 heteroatoms. The van der Waals surface area contributed by atoms with Crippen LogP contribution in [0.15, 0.2) is 267 Å². The summed E-state index contributed by atoms with van der Waals surface area (Å²) in [6, 6.07) is 81.3. The normalized spacial score (nSPS) is 14.5. The van der Waals surface area contributed by atoms with E-state index in [0.717, 1.165) is 42.0 Å². The Morgan fingerprint density at radius 2 is 0.941 bits per heavy atom. The highest BCUT2D eigenvalue weighted by molar-refractivity contribution is 5.93. The fourth-order valence-electron chi connectivity index (χ4n) is 10.2. The molecule has 2 heterocycles. The van der Waals surface area contributed by atoms with E-state index in [0.29, 0.717) is 0 Å². The number of benzene rings is 8. The van der Waals surface area contributed by atoms with E-state index in [9.17, 15) is 0 Å². The molecule has 1 atom stereocenters. The number of aromatic nitrogens is 2. The van der Waals surface area contributed by atoms with Crippen LogP contribution in [0.25, 0.3) is 66.8 Å². The zero-order valence-electron chi connectivity index (χ0n) is 37.8. The summed E-state index contributed by atoms with van der Waals surface area (Å²) in [5.74, 6) is 0. The molecule has 0 saturated carbocycles. The van der Waals surface area contributed by atoms with Crippen molar-refractivity contribution in [3.8, 4) is 39.3 Å². The Morgan fingerprint density at radius 3 is 1.50 bits per heavy atom. The second kappa shape index (κ2) is 18.0. The topological polar surface area (TPSA) is 16.3 Å². The highest BCUT2D eigenvalue weighted by Gasteiger charge is 2.24. The first-order valence-electron chi connectivity index (χ1n) is 23.8. The fraction of sp³-hybridized carbons (Fsp3) is 0.0625. The second-order valence-corrected chi connectivity index (χ2v) is 17.6. The van der Waals surface area contributed by atoms with Crippen LogP contribution in [0.2, 0.25) is 0 Å². The summed E-state index contributed by atoms with van der Waals surface area (Å²) in [5, 5.41) is 2.47. The van der Waals surface area contributed by atoms with Crippen molar-refractivity contribution in [2.45, 2.75) is 25.3 Å². The van der Waals surface area contributed by atoms with Crippen LogP contribution in [-0.4, -0.2) is 15.2 Å². The molecule has 0 spiro atoms. The van der Waals surface area contributed by atoms with Crippen molar-refractivity contribution in [2.24, 2.45) is 0 Å². The van der Waals surface area contributed by atoms with E-state index in [1.54, 1.807) is 0 Å². The van der Waals surface area contributed by atoms with E-state index in [2.05, 4.69) is 280 Å². The minimum atomic E-state index is 0.190. The van der Waals surface area contributed by atoms with Crippen LogP contribution in [0.5, 0.6) is 0 Å². The number of fused-ring (bicyclic) bond motifs is 2.